The van der Waals surface area contributed by atoms with Gasteiger partial charge in [0.05, 0.1) is 5.56 Å². The van der Waals surface area contributed by atoms with Crippen molar-refractivity contribution in [2.45, 2.75) is 6.42 Å². The highest BCUT2D eigenvalue weighted by atomic mass is 19.1. The molecule has 0 unspecified atom stereocenters. The maximum atomic E-state index is 13.1. The van der Waals surface area contributed by atoms with E-state index in [4.69, 9.17) is 5.73 Å². The van der Waals surface area contributed by atoms with Gasteiger partial charge in [-0.2, -0.15) is 0 Å². The van der Waals surface area contributed by atoms with Crippen molar-refractivity contribution in [3.8, 4) is 0 Å². The molecule has 1 amide bonds. The van der Waals surface area contributed by atoms with E-state index in [1.807, 2.05) is 0 Å². The Hall–Kier alpha value is -2.53. The molecule has 1 aliphatic heterocycles. The van der Waals surface area contributed by atoms with E-state index in [1.165, 1.54) is 24.3 Å². The van der Waals surface area contributed by atoms with Crippen LogP contribution in [-0.2, 0) is 0 Å². The molecule has 4 nitrogen and oxygen atoms in total. The molecular weight excluding hydrogens is 307 g/mol. The van der Waals surface area contributed by atoms with Crippen molar-refractivity contribution >= 4 is 11.7 Å². The van der Waals surface area contributed by atoms with E-state index in [0.29, 0.717) is 42.2 Å². The summed E-state index contributed by atoms with van der Waals surface area (Å²) in [6.45, 7) is 1.83. The minimum Gasteiger partial charge on any atom is -0.338 e. The topological polar surface area (TPSA) is 63.4 Å². The van der Waals surface area contributed by atoms with E-state index in [9.17, 15) is 14.0 Å². The minimum atomic E-state index is -0.402. The van der Waals surface area contributed by atoms with Gasteiger partial charge < -0.3 is 10.6 Å². The summed E-state index contributed by atoms with van der Waals surface area (Å²) in [5.41, 5.74) is 6.76. The molecule has 1 aliphatic rings. The Labute approximate surface area is 140 Å². The molecule has 0 radical (unpaired) electrons. The van der Waals surface area contributed by atoms with Gasteiger partial charge in [-0.15, -0.1) is 0 Å². The molecule has 1 fully saturated rings. The predicted octanol–water partition coefficient (Wildman–Crippen LogP) is 2.48. The van der Waals surface area contributed by atoms with Gasteiger partial charge in [-0.1, -0.05) is 18.2 Å². The van der Waals surface area contributed by atoms with Crippen LogP contribution in [0.4, 0.5) is 4.39 Å². The number of hydrogen-bond acceptors (Lipinski definition) is 3. The first-order chi connectivity index (χ1) is 11.6. The second-order valence-electron chi connectivity index (χ2n) is 6.02. The van der Waals surface area contributed by atoms with Gasteiger partial charge in [0, 0.05) is 24.2 Å². The third-order valence-electron chi connectivity index (χ3n) is 4.41. The van der Waals surface area contributed by atoms with Gasteiger partial charge in [0.2, 0.25) is 0 Å². The van der Waals surface area contributed by atoms with E-state index in [1.54, 1.807) is 29.2 Å². The number of nitrogens with two attached hydrogens (primary N) is 1. The normalized spacial score (nSPS) is 17.1. The fourth-order valence-electron chi connectivity index (χ4n) is 3.00. The lowest BCUT2D eigenvalue weighted by atomic mass is 9.97. The molecule has 0 bridgehead atoms. The molecule has 2 aromatic carbocycles. The maximum Gasteiger partial charge on any atom is 0.254 e. The number of nitrogens with zero attached hydrogens (tertiary/aromatic N) is 1. The number of carbonyl (C=O) groups excluding carboxylic acids is 2. The molecule has 24 heavy (non-hydrogen) atoms. The van der Waals surface area contributed by atoms with E-state index < -0.39 is 5.82 Å². The van der Waals surface area contributed by atoms with Crippen molar-refractivity contribution in [2.24, 2.45) is 11.7 Å². The zero-order valence-electron chi connectivity index (χ0n) is 13.2. The first kappa shape index (κ1) is 16.3. The molecule has 3 rings (SSSR count). The molecule has 5 heteroatoms. The molecular formula is C19H19FN2O2. The summed E-state index contributed by atoms with van der Waals surface area (Å²) in [5.74, 6) is -0.528. The fraction of sp³-hybridized carbons (Fsp3) is 0.263. The zero-order valence-corrected chi connectivity index (χ0v) is 13.2. The highest BCUT2D eigenvalue weighted by Crippen LogP contribution is 2.21. The SMILES string of the molecule is NC[C@H]1CCN(C(=O)c2ccccc2C(=O)c2ccc(F)cc2)C1. The lowest BCUT2D eigenvalue weighted by Crippen LogP contribution is -2.31. The Morgan fingerprint density at radius 1 is 1.08 bits per heavy atom. The van der Waals surface area contributed by atoms with Crippen molar-refractivity contribution in [3.05, 3.63) is 71.0 Å². The third kappa shape index (κ3) is 3.21. The third-order valence-corrected chi connectivity index (χ3v) is 4.41. The molecule has 2 aromatic rings. The predicted molar refractivity (Wildman–Crippen MR) is 89.3 cm³/mol. The van der Waals surface area contributed by atoms with E-state index in [-0.39, 0.29) is 11.7 Å². The zero-order chi connectivity index (χ0) is 17.1. The number of amides is 1. The van der Waals surface area contributed by atoms with Crippen LogP contribution < -0.4 is 5.73 Å². The quantitative estimate of drug-likeness (QED) is 0.878. The second kappa shape index (κ2) is 6.93. The van der Waals surface area contributed by atoms with Crippen molar-refractivity contribution in [2.75, 3.05) is 19.6 Å². The molecule has 1 saturated heterocycles. The fourth-order valence-corrected chi connectivity index (χ4v) is 3.00. The number of hydrogen-bond donors (Lipinski definition) is 1. The average Bonchev–Trinajstić information content (AvgIpc) is 3.10. The number of carbonyl (C=O) groups is 2. The van der Waals surface area contributed by atoms with Gasteiger partial charge >= 0.3 is 0 Å². The Balaban J connectivity index is 1.89. The maximum absolute atomic E-state index is 13.1. The highest BCUT2D eigenvalue weighted by molar-refractivity contribution is 6.15. The van der Waals surface area contributed by atoms with Crippen LogP contribution in [0.15, 0.2) is 48.5 Å². The second-order valence-corrected chi connectivity index (χ2v) is 6.02. The van der Waals surface area contributed by atoms with Crippen molar-refractivity contribution in [1.29, 1.82) is 0 Å². The van der Waals surface area contributed by atoms with Crippen LogP contribution in [0.3, 0.4) is 0 Å². The van der Waals surface area contributed by atoms with Gasteiger partial charge in [-0.3, -0.25) is 9.59 Å². The molecule has 2 N–H and O–H groups in total. The Morgan fingerprint density at radius 3 is 2.38 bits per heavy atom. The number of benzene rings is 2. The lowest BCUT2D eigenvalue weighted by molar-refractivity contribution is 0.0783. The highest BCUT2D eigenvalue weighted by Gasteiger charge is 2.28. The first-order valence-corrected chi connectivity index (χ1v) is 7.99. The molecule has 0 aliphatic carbocycles. The van der Waals surface area contributed by atoms with Crippen LogP contribution >= 0.6 is 0 Å². The van der Waals surface area contributed by atoms with Crippen LogP contribution in [-0.4, -0.2) is 36.2 Å². The summed E-state index contributed by atoms with van der Waals surface area (Å²) in [5, 5.41) is 0. The number of rotatable bonds is 4. The molecule has 0 aromatic heterocycles. The monoisotopic (exact) mass is 326 g/mol. The average molecular weight is 326 g/mol. The first-order valence-electron chi connectivity index (χ1n) is 7.99. The number of ketones is 1. The minimum absolute atomic E-state index is 0.156. The van der Waals surface area contributed by atoms with Gasteiger partial charge in [-0.25, -0.2) is 4.39 Å². The lowest BCUT2D eigenvalue weighted by Gasteiger charge is -2.18. The van der Waals surface area contributed by atoms with Gasteiger partial charge in [0.15, 0.2) is 5.78 Å². The summed E-state index contributed by atoms with van der Waals surface area (Å²) in [6.07, 6.45) is 0.885. The Kier molecular flexibility index (Phi) is 4.71. The molecule has 1 atom stereocenters. The van der Waals surface area contributed by atoms with Crippen molar-refractivity contribution in [3.63, 3.8) is 0 Å². The van der Waals surface area contributed by atoms with Crippen LogP contribution in [0, 0.1) is 11.7 Å². The van der Waals surface area contributed by atoms with Crippen molar-refractivity contribution < 1.29 is 14.0 Å². The van der Waals surface area contributed by atoms with Gasteiger partial charge in [-0.05, 0) is 49.2 Å². The number of halogens is 1. The Morgan fingerprint density at radius 2 is 1.75 bits per heavy atom. The summed E-state index contributed by atoms with van der Waals surface area (Å²) in [7, 11) is 0. The van der Waals surface area contributed by atoms with Crippen LogP contribution in [0.5, 0.6) is 0 Å². The van der Waals surface area contributed by atoms with E-state index >= 15 is 0 Å². The van der Waals surface area contributed by atoms with Gasteiger partial charge in [0.1, 0.15) is 5.82 Å². The summed E-state index contributed by atoms with van der Waals surface area (Å²) in [4.78, 5) is 27.2. The van der Waals surface area contributed by atoms with Crippen LogP contribution in [0.1, 0.15) is 32.7 Å². The molecule has 0 saturated carbocycles. The molecule has 0 spiro atoms. The van der Waals surface area contributed by atoms with Crippen LogP contribution in [0.25, 0.3) is 0 Å². The van der Waals surface area contributed by atoms with Crippen LogP contribution in [0.2, 0.25) is 0 Å². The molecule has 124 valence electrons. The summed E-state index contributed by atoms with van der Waals surface area (Å²) < 4.78 is 13.1. The van der Waals surface area contributed by atoms with Gasteiger partial charge in [0.25, 0.3) is 5.91 Å². The van der Waals surface area contributed by atoms with E-state index in [0.717, 1.165) is 6.42 Å². The molecule has 1 heterocycles. The standard InChI is InChI=1S/C19H19FN2O2/c20-15-7-5-14(6-8-15)18(23)16-3-1-2-4-17(16)19(24)22-10-9-13(11-21)12-22/h1-8,13H,9-12,21H2/t13-/m1/s1. The van der Waals surface area contributed by atoms with Crippen molar-refractivity contribution in [1.82, 2.24) is 4.90 Å². The number of likely N-dealkylation sites (tertiary alicyclic amines) is 1. The van der Waals surface area contributed by atoms with E-state index in [2.05, 4.69) is 0 Å². The summed E-state index contributed by atoms with van der Waals surface area (Å²) in [6, 6.07) is 12.1. The largest absolute Gasteiger partial charge is 0.338 e. The summed E-state index contributed by atoms with van der Waals surface area (Å²) >= 11 is 0. The smallest absolute Gasteiger partial charge is 0.254 e. The Bertz CT molecular complexity index is 758.